The molecule has 0 aliphatic carbocycles. The first-order valence-corrected chi connectivity index (χ1v) is 26.9. The Morgan fingerprint density at radius 3 is 1.03 bits per heavy atom. The molecule has 0 aromatic rings. The fraction of sp³-hybridized carbons (Fsp3) is 0.891. The Kier molecular flexibility index (Phi) is 50.3. The lowest BCUT2D eigenvalue weighted by molar-refractivity contribution is -0.163. The molecule has 0 amide bonds. The second-order valence-corrected chi connectivity index (χ2v) is 18.1. The minimum atomic E-state index is -0.537. The van der Waals surface area contributed by atoms with E-state index in [1.165, 1.54) is 199 Å². The van der Waals surface area contributed by atoms with Crippen molar-refractivity contribution in [3.05, 3.63) is 24.3 Å². The molecule has 0 aromatic carbocycles. The van der Waals surface area contributed by atoms with Crippen molar-refractivity contribution >= 4 is 11.9 Å². The Balaban J connectivity index is 4.23. The van der Waals surface area contributed by atoms with E-state index in [1.54, 1.807) is 0 Å². The van der Waals surface area contributed by atoms with E-state index in [0.29, 0.717) is 19.4 Å². The van der Waals surface area contributed by atoms with E-state index >= 15 is 0 Å². The highest BCUT2D eigenvalue weighted by Crippen LogP contribution is 2.16. The van der Waals surface area contributed by atoms with Crippen molar-refractivity contribution in [1.82, 2.24) is 0 Å². The van der Waals surface area contributed by atoms with Crippen molar-refractivity contribution in [2.45, 2.75) is 297 Å². The van der Waals surface area contributed by atoms with Crippen LogP contribution in [0.1, 0.15) is 290 Å². The molecule has 0 spiro atoms. The van der Waals surface area contributed by atoms with E-state index in [0.717, 1.165) is 57.8 Å². The third kappa shape index (κ3) is 49.0. The number of esters is 2. The molecule has 0 saturated carbocycles. The highest BCUT2D eigenvalue weighted by atomic mass is 16.6. The second-order valence-electron chi connectivity index (χ2n) is 18.1. The van der Waals surface area contributed by atoms with Crippen molar-refractivity contribution in [2.24, 2.45) is 0 Å². The molecule has 5 nitrogen and oxygen atoms in total. The number of hydrogen-bond acceptors (Lipinski definition) is 5. The van der Waals surface area contributed by atoms with Crippen LogP contribution in [0.5, 0.6) is 0 Å². The maximum Gasteiger partial charge on any atom is 0.306 e. The largest absolute Gasteiger partial charge is 0.462 e. The van der Waals surface area contributed by atoms with E-state index in [9.17, 15) is 9.59 Å². The fourth-order valence-electron chi connectivity index (χ4n) is 7.91. The molecule has 0 radical (unpaired) electrons. The molecule has 0 fully saturated rings. The molecule has 0 aromatic heterocycles. The van der Waals surface area contributed by atoms with Crippen molar-refractivity contribution in [2.75, 3.05) is 19.8 Å². The molecular formula is C55H104O5. The summed E-state index contributed by atoms with van der Waals surface area (Å²) in [5, 5.41) is 0. The van der Waals surface area contributed by atoms with Crippen LogP contribution in [0.25, 0.3) is 0 Å². The zero-order valence-electron chi connectivity index (χ0n) is 40.7. The van der Waals surface area contributed by atoms with Gasteiger partial charge in [0.15, 0.2) is 6.10 Å². The summed E-state index contributed by atoms with van der Waals surface area (Å²) < 4.78 is 17.4. The Morgan fingerprint density at radius 2 is 0.650 bits per heavy atom. The zero-order valence-corrected chi connectivity index (χ0v) is 40.7. The van der Waals surface area contributed by atoms with Gasteiger partial charge in [-0.25, -0.2) is 0 Å². The molecule has 354 valence electrons. The Morgan fingerprint density at radius 1 is 0.350 bits per heavy atom. The normalized spacial score (nSPS) is 12.2. The van der Waals surface area contributed by atoms with Gasteiger partial charge in [0.1, 0.15) is 6.61 Å². The number of allylic oxidation sites excluding steroid dienone is 4. The molecule has 0 bridgehead atoms. The number of rotatable bonds is 50. The van der Waals surface area contributed by atoms with Crippen LogP contribution in [-0.4, -0.2) is 37.9 Å². The number of carbonyl (C=O) groups excluding carboxylic acids is 2. The van der Waals surface area contributed by atoms with E-state index in [4.69, 9.17) is 14.2 Å². The average Bonchev–Trinajstić information content (AvgIpc) is 3.25. The summed E-state index contributed by atoms with van der Waals surface area (Å²) in [5.41, 5.74) is 0. The smallest absolute Gasteiger partial charge is 0.306 e. The highest BCUT2D eigenvalue weighted by Gasteiger charge is 2.17. The summed E-state index contributed by atoms with van der Waals surface area (Å²) in [6, 6.07) is 0. The average molecular weight is 845 g/mol. The van der Waals surface area contributed by atoms with Gasteiger partial charge in [-0.15, -0.1) is 0 Å². The molecule has 0 aliphatic heterocycles. The zero-order chi connectivity index (χ0) is 43.5. The van der Waals surface area contributed by atoms with Crippen LogP contribution in [0.2, 0.25) is 0 Å². The van der Waals surface area contributed by atoms with Gasteiger partial charge in [-0.3, -0.25) is 9.59 Å². The summed E-state index contributed by atoms with van der Waals surface area (Å²) in [7, 11) is 0. The van der Waals surface area contributed by atoms with Crippen molar-refractivity contribution < 1.29 is 23.8 Å². The topological polar surface area (TPSA) is 61.8 Å². The summed E-state index contributed by atoms with van der Waals surface area (Å²) in [5.74, 6) is -0.400. The van der Waals surface area contributed by atoms with E-state index in [-0.39, 0.29) is 25.2 Å². The third-order valence-electron chi connectivity index (χ3n) is 12.0. The summed E-state index contributed by atoms with van der Waals surface area (Å²) in [6.07, 6.45) is 60.4. The van der Waals surface area contributed by atoms with Gasteiger partial charge >= 0.3 is 11.9 Å². The SMILES string of the molecule is CCCCCC/C=C\CCCCCCCC(=O)OC(COCCCCCCCCCCCCCCCCCC)COC(=O)CCCCCCC/C=C\CCCCCCCC. The minimum absolute atomic E-state index is 0.0841. The number of carbonyl (C=O) groups is 2. The third-order valence-corrected chi connectivity index (χ3v) is 12.0. The van der Waals surface area contributed by atoms with Crippen LogP contribution < -0.4 is 0 Å². The van der Waals surface area contributed by atoms with Gasteiger partial charge in [0.05, 0.1) is 6.61 Å². The Bertz CT molecular complexity index is 913. The molecule has 60 heavy (non-hydrogen) atoms. The van der Waals surface area contributed by atoms with Crippen LogP contribution in [0, 0.1) is 0 Å². The van der Waals surface area contributed by atoms with Gasteiger partial charge in [0.25, 0.3) is 0 Å². The van der Waals surface area contributed by atoms with Crippen molar-refractivity contribution in [3.63, 3.8) is 0 Å². The summed E-state index contributed by atoms with van der Waals surface area (Å²) in [4.78, 5) is 25.4. The highest BCUT2D eigenvalue weighted by molar-refractivity contribution is 5.70. The predicted octanol–water partition coefficient (Wildman–Crippen LogP) is 18.0. The molecule has 0 heterocycles. The first kappa shape index (κ1) is 58.4. The molecule has 1 unspecified atom stereocenters. The molecule has 5 heteroatoms. The quantitative estimate of drug-likeness (QED) is 0.0347. The number of ether oxygens (including phenoxy) is 3. The molecular weight excluding hydrogens is 741 g/mol. The lowest BCUT2D eigenvalue weighted by atomic mass is 10.0. The molecule has 0 saturated heterocycles. The van der Waals surface area contributed by atoms with Crippen LogP contribution in [0.3, 0.4) is 0 Å². The number of hydrogen-bond donors (Lipinski definition) is 0. The van der Waals surface area contributed by atoms with Crippen molar-refractivity contribution in [3.8, 4) is 0 Å². The minimum Gasteiger partial charge on any atom is -0.462 e. The maximum absolute atomic E-state index is 12.8. The van der Waals surface area contributed by atoms with Crippen molar-refractivity contribution in [1.29, 1.82) is 0 Å². The molecule has 1 atom stereocenters. The van der Waals surface area contributed by atoms with Gasteiger partial charge < -0.3 is 14.2 Å². The van der Waals surface area contributed by atoms with Gasteiger partial charge in [-0.2, -0.15) is 0 Å². The van der Waals surface area contributed by atoms with Gasteiger partial charge in [-0.1, -0.05) is 231 Å². The summed E-state index contributed by atoms with van der Waals surface area (Å²) >= 11 is 0. The summed E-state index contributed by atoms with van der Waals surface area (Å²) in [6.45, 7) is 7.85. The van der Waals surface area contributed by atoms with Crippen LogP contribution in [-0.2, 0) is 23.8 Å². The number of unbranched alkanes of at least 4 members (excludes halogenated alkanes) is 35. The first-order chi connectivity index (χ1) is 29.6. The predicted molar refractivity (Wildman–Crippen MR) is 261 cm³/mol. The monoisotopic (exact) mass is 845 g/mol. The van der Waals surface area contributed by atoms with Crippen LogP contribution in [0.4, 0.5) is 0 Å². The van der Waals surface area contributed by atoms with E-state index in [1.807, 2.05) is 0 Å². The van der Waals surface area contributed by atoms with Crippen LogP contribution in [0.15, 0.2) is 24.3 Å². The first-order valence-electron chi connectivity index (χ1n) is 26.9. The van der Waals surface area contributed by atoms with Gasteiger partial charge in [-0.05, 0) is 70.6 Å². The lowest BCUT2D eigenvalue weighted by Crippen LogP contribution is -2.30. The Hall–Kier alpha value is -1.62. The lowest BCUT2D eigenvalue weighted by Gasteiger charge is -2.18. The van der Waals surface area contributed by atoms with Gasteiger partial charge in [0.2, 0.25) is 0 Å². The fourth-order valence-corrected chi connectivity index (χ4v) is 7.91. The van der Waals surface area contributed by atoms with Crippen LogP contribution >= 0.6 is 0 Å². The standard InChI is InChI=1S/C55H104O5/c1-4-7-10-13-16-19-22-25-27-29-32-35-38-41-44-47-50-58-51-53(60-55(57)49-46-43-40-37-34-30-24-21-18-15-12-9-6-3)52-59-54(56)48-45-42-39-36-33-31-28-26-23-20-17-14-11-8-5-2/h21,24,26,28,53H,4-20,22-23,25,27,29-52H2,1-3H3/b24-21-,28-26-. The molecule has 0 rings (SSSR count). The Labute approximate surface area is 375 Å². The molecule has 0 N–H and O–H groups in total. The van der Waals surface area contributed by atoms with Gasteiger partial charge in [0, 0.05) is 19.4 Å². The maximum atomic E-state index is 12.8. The van der Waals surface area contributed by atoms with E-state index < -0.39 is 6.10 Å². The van der Waals surface area contributed by atoms with E-state index in [2.05, 4.69) is 45.1 Å². The molecule has 0 aliphatic rings. The second kappa shape index (κ2) is 51.7.